The summed E-state index contributed by atoms with van der Waals surface area (Å²) < 4.78 is 18.4. The Labute approximate surface area is 184 Å². The van der Waals surface area contributed by atoms with Crippen molar-refractivity contribution in [1.82, 2.24) is 4.72 Å². The molecule has 0 saturated carbocycles. The van der Waals surface area contributed by atoms with E-state index in [0.29, 0.717) is 24.7 Å². The Bertz CT molecular complexity index is 749. The predicted octanol–water partition coefficient (Wildman–Crippen LogP) is 5.14. The highest BCUT2D eigenvalue weighted by Crippen LogP contribution is 2.30. The van der Waals surface area contributed by atoms with Crippen LogP contribution >= 0.6 is 11.9 Å². The van der Waals surface area contributed by atoms with E-state index >= 15 is 0 Å². The van der Waals surface area contributed by atoms with E-state index in [1.165, 1.54) is 11.9 Å². The van der Waals surface area contributed by atoms with Crippen molar-refractivity contribution < 1.29 is 19.0 Å². The van der Waals surface area contributed by atoms with Crippen molar-refractivity contribution in [2.75, 3.05) is 32.7 Å². The van der Waals surface area contributed by atoms with Gasteiger partial charge in [-0.25, -0.2) is 4.72 Å². The summed E-state index contributed by atoms with van der Waals surface area (Å²) in [6, 6.07) is 13.8. The number of carbonyl (C=O) groups is 1. The number of nitrogens with one attached hydrogen (secondary N) is 2. The molecule has 7 heteroatoms. The van der Waals surface area contributed by atoms with Crippen LogP contribution in [0, 0.1) is 5.92 Å². The molecule has 0 fully saturated rings. The van der Waals surface area contributed by atoms with Gasteiger partial charge in [-0.3, -0.25) is 4.79 Å². The molecule has 6 nitrogen and oxygen atoms in total. The standard InChI is InChI=1S/C19H24N2O4S.C4H10/c1-4-25-19(22)13-21-26-16-8-5-14(6-9-16)12-20-15-7-10-17(23-2)18(11-15)24-3;1-4(2)3/h5-11,20-21H,4,12-13H2,1-3H3;4H,1-3H3. The molecule has 0 bridgehead atoms. The van der Waals surface area contributed by atoms with E-state index in [1.807, 2.05) is 42.5 Å². The maximum absolute atomic E-state index is 11.3. The number of methoxy groups -OCH3 is 2. The number of ether oxygens (including phenoxy) is 3. The van der Waals surface area contributed by atoms with Crippen molar-refractivity contribution in [2.24, 2.45) is 5.92 Å². The number of anilines is 1. The fourth-order valence-electron chi connectivity index (χ4n) is 2.22. The van der Waals surface area contributed by atoms with E-state index in [-0.39, 0.29) is 12.5 Å². The molecule has 0 aliphatic heterocycles. The lowest BCUT2D eigenvalue weighted by Gasteiger charge is -2.11. The normalized spacial score (nSPS) is 10.1. The van der Waals surface area contributed by atoms with Crippen molar-refractivity contribution in [3.63, 3.8) is 0 Å². The lowest BCUT2D eigenvalue weighted by molar-refractivity contribution is -0.141. The Morgan fingerprint density at radius 1 is 1.00 bits per heavy atom. The first-order chi connectivity index (χ1) is 14.4. The molecule has 0 aromatic heterocycles. The molecule has 0 spiro atoms. The van der Waals surface area contributed by atoms with Crippen LogP contribution in [0.15, 0.2) is 47.4 Å². The number of rotatable bonds is 10. The van der Waals surface area contributed by atoms with Gasteiger partial charge in [0.05, 0.1) is 20.8 Å². The van der Waals surface area contributed by atoms with Gasteiger partial charge in [0.2, 0.25) is 0 Å². The largest absolute Gasteiger partial charge is 0.493 e. The Kier molecular flexibility index (Phi) is 12.5. The molecule has 0 aliphatic rings. The van der Waals surface area contributed by atoms with Crippen molar-refractivity contribution in [3.8, 4) is 11.5 Å². The van der Waals surface area contributed by atoms with Crippen molar-refractivity contribution in [1.29, 1.82) is 0 Å². The van der Waals surface area contributed by atoms with Gasteiger partial charge in [0.15, 0.2) is 11.5 Å². The van der Waals surface area contributed by atoms with Crippen LogP contribution in [0.25, 0.3) is 0 Å². The minimum absolute atomic E-state index is 0.182. The Balaban J connectivity index is 0.00000103. The summed E-state index contributed by atoms with van der Waals surface area (Å²) in [6.07, 6.45) is 0. The molecule has 30 heavy (non-hydrogen) atoms. The van der Waals surface area contributed by atoms with Gasteiger partial charge in [0, 0.05) is 23.2 Å². The van der Waals surface area contributed by atoms with Crippen molar-refractivity contribution in [2.45, 2.75) is 39.1 Å². The first-order valence-electron chi connectivity index (χ1n) is 9.99. The number of hydrogen-bond acceptors (Lipinski definition) is 7. The highest BCUT2D eigenvalue weighted by molar-refractivity contribution is 7.97. The second kappa shape index (κ2) is 14.6. The molecule has 0 amide bonds. The van der Waals surface area contributed by atoms with E-state index in [9.17, 15) is 4.79 Å². The number of carbonyl (C=O) groups excluding carboxylic acids is 1. The number of benzene rings is 2. The fourth-order valence-corrected chi connectivity index (χ4v) is 2.84. The van der Waals surface area contributed by atoms with Crippen LogP contribution in [-0.2, 0) is 16.1 Å². The summed E-state index contributed by atoms with van der Waals surface area (Å²) in [5.41, 5.74) is 2.10. The lowest BCUT2D eigenvalue weighted by atomic mass is 10.2. The molecule has 0 radical (unpaired) electrons. The summed E-state index contributed by atoms with van der Waals surface area (Å²) in [5.74, 6) is 1.97. The minimum atomic E-state index is -0.254. The van der Waals surface area contributed by atoms with Gasteiger partial charge in [0.25, 0.3) is 0 Å². The average molecular weight is 435 g/mol. The van der Waals surface area contributed by atoms with Crippen LogP contribution in [-0.4, -0.2) is 33.3 Å². The van der Waals surface area contributed by atoms with E-state index < -0.39 is 0 Å². The average Bonchev–Trinajstić information content (AvgIpc) is 2.72. The predicted molar refractivity (Wildman–Crippen MR) is 124 cm³/mol. The molecular formula is C23H34N2O4S. The van der Waals surface area contributed by atoms with Crippen LogP contribution in [0.1, 0.15) is 33.3 Å². The summed E-state index contributed by atoms with van der Waals surface area (Å²) >= 11 is 1.41. The zero-order valence-electron chi connectivity index (χ0n) is 18.8. The topological polar surface area (TPSA) is 68.8 Å². The van der Waals surface area contributed by atoms with Crippen LogP contribution in [0.3, 0.4) is 0 Å². The minimum Gasteiger partial charge on any atom is -0.493 e. The van der Waals surface area contributed by atoms with E-state index in [0.717, 1.165) is 22.1 Å². The zero-order chi connectivity index (χ0) is 22.4. The molecule has 0 atom stereocenters. The Hall–Kier alpha value is -2.38. The van der Waals surface area contributed by atoms with Gasteiger partial charge in [-0.1, -0.05) is 32.9 Å². The van der Waals surface area contributed by atoms with Gasteiger partial charge in [-0.15, -0.1) is 0 Å². The van der Waals surface area contributed by atoms with Crippen LogP contribution in [0.2, 0.25) is 0 Å². The third-order valence-corrected chi connectivity index (χ3v) is 4.31. The molecule has 0 heterocycles. The zero-order valence-corrected chi connectivity index (χ0v) is 19.6. The second-order valence-electron chi connectivity index (χ2n) is 7.03. The van der Waals surface area contributed by atoms with Gasteiger partial charge in [-0.05, 0) is 54.6 Å². The van der Waals surface area contributed by atoms with Crippen molar-refractivity contribution >= 4 is 23.6 Å². The van der Waals surface area contributed by atoms with E-state index in [4.69, 9.17) is 14.2 Å². The SMILES string of the molecule is CC(C)C.CCOC(=O)CNSc1ccc(CNc2ccc(OC)c(OC)c2)cc1. The van der Waals surface area contributed by atoms with E-state index in [1.54, 1.807) is 21.1 Å². The first kappa shape index (κ1) is 25.7. The molecule has 166 valence electrons. The van der Waals surface area contributed by atoms with Gasteiger partial charge in [0.1, 0.15) is 6.54 Å². The van der Waals surface area contributed by atoms with Crippen LogP contribution < -0.4 is 19.5 Å². The summed E-state index contributed by atoms with van der Waals surface area (Å²) in [6.45, 7) is 9.56. The van der Waals surface area contributed by atoms with Gasteiger partial charge >= 0.3 is 5.97 Å². The molecule has 2 aromatic rings. The molecule has 0 aliphatic carbocycles. The fraction of sp³-hybridized carbons (Fsp3) is 0.435. The third kappa shape index (κ3) is 10.4. The van der Waals surface area contributed by atoms with E-state index in [2.05, 4.69) is 30.8 Å². The summed E-state index contributed by atoms with van der Waals surface area (Å²) in [7, 11) is 3.24. The summed E-state index contributed by atoms with van der Waals surface area (Å²) in [5, 5.41) is 3.36. The highest BCUT2D eigenvalue weighted by Gasteiger charge is 2.05. The van der Waals surface area contributed by atoms with Crippen molar-refractivity contribution in [3.05, 3.63) is 48.0 Å². The monoisotopic (exact) mass is 434 g/mol. The van der Waals surface area contributed by atoms with Gasteiger partial charge < -0.3 is 19.5 Å². The maximum Gasteiger partial charge on any atom is 0.320 e. The molecule has 2 N–H and O–H groups in total. The number of hydrogen-bond donors (Lipinski definition) is 2. The van der Waals surface area contributed by atoms with Crippen LogP contribution in [0.4, 0.5) is 5.69 Å². The quantitative estimate of drug-likeness (QED) is 0.396. The smallest absolute Gasteiger partial charge is 0.320 e. The van der Waals surface area contributed by atoms with Gasteiger partial charge in [-0.2, -0.15) is 0 Å². The first-order valence-corrected chi connectivity index (χ1v) is 10.8. The molecule has 0 saturated heterocycles. The molecule has 2 rings (SSSR count). The molecular weight excluding hydrogens is 400 g/mol. The maximum atomic E-state index is 11.3. The second-order valence-corrected chi connectivity index (χ2v) is 7.99. The van der Waals surface area contributed by atoms with Crippen LogP contribution in [0.5, 0.6) is 11.5 Å². The number of esters is 1. The Morgan fingerprint density at radius 3 is 2.20 bits per heavy atom. The Morgan fingerprint density at radius 2 is 1.63 bits per heavy atom. The third-order valence-electron chi connectivity index (χ3n) is 3.52. The molecule has 2 aromatic carbocycles. The lowest BCUT2D eigenvalue weighted by Crippen LogP contribution is -2.19. The summed E-state index contributed by atoms with van der Waals surface area (Å²) in [4.78, 5) is 12.3. The molecule has 0 unspecified atom stereocenters. The highest BCUT2D eigenvalue weighted by atomic mass is 32.2.